The van der Waals surface area contributed by atoms with Crippen molar-refractivity contribution in [1.29, 1.82) is 0 Å². The van der Waals surface area contributed by atoms with Gasteiger partial charge in [0.2, 0.25) is 0 Å². The molecule has 2 aromatic heterocycles. The zero-order valence-electron chi connectivity index (χ0n) is 10.6. The van der Waals surface area contributed by atoms with Crippen molar-refractivity contribution >= 4 is 29.1 Å². The maximum absolute atomic E-state index is 10.6. The average Bonchev–Trinajstić information content (AvgIpc) is 2.93. The van der Waals surface area contributed by atoms with Gasteiger partial charge < -0.3 is 5.11 Å². The third-order valence-electron chi connectivity index (χ3n) is 2.32. The summed E-state index contributed by atoms with van der Waals surface area (Å²) in [7, 11) is 0. The fraction of sp³-hybridized carbons (Fsp3) is 0.455. The molecular formula is C11H14N4O2S2. The number of carbonyl (C=O) groups is 1. The molecule has 0 saturated heterocycles. The minimum Gasteiger partial charge on any atom is -0.481 e. The number of nitrogens with zero attached hydrogens (tertiary/aromatic N) is 4. The van der Waals surface area contributed by atoms with Gasteiger partial charge in [-0.05, 0) is 13.8 Å². The lowest BCUT2D eigenvalue weighted by Gasteiger charge is -2.07. The Hall–Kier alpha value is -1.41. The molecule has 2 rings (SSSR count). The zero-order chi connectivity index (χ0) is 13.8. The van der Waals surface area contributed by atoms with E-state index in [0.717, 1.165) is 10.2 Å². The first kappa shape index (κ1) is 14.0. The van der Waals surface area contributed by atoms with Gasteiger partial charge in [-0.2, -0.15) is 5.10 Å². The average molecular weight is 298 g/mol. The van der Waals surface area contributed by atoms with Crippen LogP contribution in [-0.4, -0.2) is 30.8 Å². The SMILES string of the molecule is CC(C)n1ncnc1CSc1nc(CC(=O)O)cs1. The molecule has 0 unspecified atom stereocenters. The van der Waals surface area contributed by atoms with E-state index >= 15 is 0 Å². The predicted octanol–water partition coefficient (Wildman–Crippen LogP) is 2.23. The quantitative estimate of drug-likeness (QED) is 0.824. The van der Waals surface area contributed by atoms with Crippen molar-refractivity contribution in [3.8, 4) is 0 Å². The van der Waals surface area contributed by atoms with Gasteiger partial charge in [0.05, 0.1) is 17.9 Å². The van der Waals surface area contributed by atoms with E-state index in [-0.39, 0.29) is 12.5 Å². The highest BCUT2D eigenvalue weighted by atomic mass is 32.2. The molecule has 0 aliphatic carbocycles. The molecule has 2 aromatic rings. The van der Waals surface area contributed by atoms with Crippen LogP contribution in [0.4, 0.5) is 0 Å². The van der Waals surface area contributed by atoms with Gasteiger partial charge in [-0.1, -0.05) is 11.8 Å². The molecule has 0 atom stereocenters. The van der Waals surface area contributed by atoms with Crippen LogP contribution in [0.15, 0.2) is 16.0 Å². The molecule has 0 fully saturated rings. The van der Waals surface area contributed by atoms with Gasteiger partial charge in [0, 0.05) is 11.4 Å². The van der Waals surface area contributed by atoms with Crippen LogP contribution in [0.2, 0.25) is 0 Å². The smallest absolute Gasteiger partial charge is 0.309 e. The van der Waals surface area contributed by atoms with Gasteiger partial charge in [0.25, 0.3) is 0 Å². The van der Waals surface area contributed by atoms with E-state index in [2.05, 4.69) is 28.9 Å². The molecule has 2 heterocycles. The van der Waals surface area contributed by atoms with Crippen LogP contribution in [0.3, 0.4) is 0 Å². The lowest BCUT2D eigenvalue weighted by molar-refractivity contribution is -0.136. The van der Waals surface area contributed by atoms with E-state index in [0.29, 0.717) is 11.4 Å². The van der Waals surface area contributed by atoms with Crippen molar-refractivity contribution in [1.82, 2.24) is 19.7 Å². The Morgan fingerprint density at radius 2 is 2.37 bits per heavy atom. The van der Waals surface area contributed by atoms with Crippen molar-refractivity contribution in [2.45, 2.75) is 36.4 Å². The topological polar surface area (TPSA) is 80.9 Å². The molecule has 0 saturated carbocycles. The molecule has 0 bridgehead atoms. The Morgan fingerprint density at radius 1 is 1.58 bits per heavy atom. The van der Waals surface area contributed by atoms with Gasteiger partial charge in [-0.25, -0.2) is 14.6 Å². The zero-order valence-corrected chi connectivity index (χ0v) is 12.2. The molecule has 8 heteroatoms. The summed E-state index contributed by atoms with van der Waals surface area (Å²) in [5.41, 5.74) is 0.602. The fourth-order valence-corrected chi connectivity index (χ4v) is 3.30. The molecule has 0 spiro atoms. The predicted molar refractivity (Wildman–Crippen MR) is 73.4 cm³/mol. The van der Waals surface area contributed by atoms with Gasteiger partial charge in [-0.15, -0.1) is 11.3 Å². The Kier molecular flexibility index (Phi) is 4.54. The lowest BCUT2D eigenvalue weighted by atomic mass is 10.3. The molecule has 0 aliphatic heterocycles. The third-order valence-corrected chi connectivity index (χ3v) is 4.39. The van der Waals surface area contributed by atoms with E-state index in [1.54, 1.807) is 23.5 Å². The van der Waals surface area contributed by atoms with Crippen molar-refractivity contribution in [3.05, 3.63) is 23.2 Å². The maximum atomic E-state index is 10.6. The van der Waals surface area contributed by atoms with Gasteiger partial charge >= 0.3 is 5.97 Å². The molecule has 0 radical (unpaired) electrons. The number of rotatable bonds is 6. The molecule has 6 nitrogen and oxygen atoms in total. The van der Waals surface area contributed by atoms with Crippen LogP contribution >= 0.6 is 23.1 Å². The third kappa shape index (κ3) is 3.77. The normalized spacial score (nSPS) is 11.1. The number of aliphatic carboxylic acids is 1. The maximum Gasteiger partial charge on any atom is 0.309 e. The molecule has 0 aromatic carbocycles. The fourth-order valence-electron chi connectivity index (χ4n) is 1.53. The van der Waals surface area contributed by atoms with Crippen LogP contribution in [0, 0.1) is 0 Å². The number of hydrogen-bond acceptors (Lipinski definition) is 6. The first-order chi connectivity index (χ1) is 9.06. The molecule has 0 aliphatic rings. The minimum atomic E-state index is -0.860. The van der Waals surface area contributed by atoms with Crippen molar-refractivity contribution in [3.63, 3.8) is 0 Å². The summed E-state index contributed by atoms with van der Waals surface area (Å²) in [5.74, 6) is 0.717. The van der Waals surface area contributed by atoms with Crippen LogP contribution in [0.5, 0.6) is 0 Å². The Labute approximate surface area is 118 Å². The number of carboxylic acids is 1. The standard InChI is InChI=1S/C11H14N4O2S2/c1-7(2)15-9(12-6-13-15)5-19-11-14-8(4-18-11)3-10(16)17/h4,6-7H,3,5H2,1-2H3,(H,16,17). The van der Waals surface area contributed by atoms with Gasteiger partial charge in [0.1, 0.15) is 12.2 Å². The second-order valence-corrected chi connectivity index (χ2v) is 6.26. The minimum absolute atomic E-state index is 0.0285. The highest BCUT2D eigenvalue weighted by molar-refractivity contribution is 8.00. The first-order valence-electron chi connectivity index (χ1n) is 5.73. The molecule has 102 valence electrons. The second-order valence-electron chi connectivity index (χ2n) is 4.18. The van der Waals surface area contributed by atoms with E-state index in [4.69, 9.17) is 5.11 Å². The van der Waals surface area contributed by atoms with E-state index in [9.17, 15) is 4.79 Å². The highest BCUT2D eigenvalue weighted by Gasteiger charge is 2.10. The van der Waals surface area contributed by atoms with Crippen LogP contribution in [0.1, 0.15) is 31.4 Å². The summed E-state index contributed by atoms with van der Waals surface area (Å²) < 4.78 is 2.73. The molecule has 1 N–H and O–H groups in total. The van der Waals surface area contributed by atoms with Gasteiger partial charge in [0.15, 0.2) is 4.34 Å². The summed E-state index contributed by atoms with van der Waals surface area (Å²) in [4.78, 5) is 19.1. The summed E-state index contributed by atoms with van der Waals surface area (Å²) in [6.07, 6.45) is 1.52. The van der Waals surface area contributed by atoms with E-state index in [1.165, 1.54) is 11.3 Å². The largest absolute Gasteiger partial charge is 0.481 e. The van der Waals surface area contributed by atoms with E-state index in [1.807, 2.05) is 4.68 Å². The Morgan fingerprint density at radius 3 is 3.05 bits per heavy atom. The number of thiazole rings is 1. The van der Waals surface area contributed by atoms with Crippen molar-refractivity contribution in [2.24, 2.45) is 0 Å². The Balaban J connectivity index is 1.96. The summed E-state index contributed by atoms with van der Waals surface area (Å²) in [5, 5.41) is 14.6. The second kappa shape index (κ2) is 6.16. The number of aromatic nitrogens is 4. The monoisotopic (exact) mass is 298 g/mol. The Bertz CT molecular complexity index is 565. The van der Waals surface area contributed by atoms with Gasteiger partial charge in [-0.3, -0.25) is 4.79 Å². The van der Waals surface area contributed by atoms with Crippen molar-refractivity contribution < 1.29 is 9.90 Å². The van der Waals surface area contributed by atoms with Crippen LogP contribution in [-0.2, 0) is 17.0 Å². The molecule has 0 amide bonds. The first-order valence-corrected chi connectivity index (χ1v) is 7.60. The lowest BCUT2D eigenvalue weighted by Crippen LogP contribution is -2.07. The summed E-state index contributed by atoms with van der Waals surface area (Å²) in [6.45, 7) is 4.11. The number of carboxylic acid groups (broad SMARTS) is 1. The number of hydrogen-bond donors (Lipinski definition) is 1. The van der Waals surface area contributed by atoms with Crippen molar-refractivity contribution in [2.75, 3.05) is 0 Å². The summed E-state index contributed by atoms with van der Waals surface area (Å²) >= 11 is 3.01. The highest BCUT2D eigenvalue weighted by Crippen LogP contribution is 2.26. The number of thioether (sulfide) groups is 1. The van der Waals surface area contributed by atoms with Crippen LogP contribution in [0.25, 0.3) is 0 Å². The van der Waals surface area contributed by atoms with E-state index < -0.39 is 5.97 Å². The molecule has 19 heavy (non-hydrogen) atoms. The molecular weight excluding hydrogens is 284 g/mol. The van der Waals surface area contributed by atoms with Crippen LogP contribution < -0.4 is 0 Å². The summed E-state index contributed by atoms with van der Waals surface area (Å²) in [6, 6.07) is 0.275.